The number of benzene rings is 2. The maximum Gasteiger partial charge on any atom is 0.416 e. The number of nitrogens with zero attached hydrogens (tertiary/aromatic N) is 4. The van der Waals surface area contributed by atoms with Crippen LogP contribution in [0.5, 0.6) is 0 Å². The molecule has 0 bridgehead atoms. The van der Waals surface area contributed by atoms with E-state index in [1.54, 1.807) is 33.7 Å². The minimum atomic E-state index is -4.43. The van der Waals surface area contributed by atoms with Crippen LogP contribution in [-0.2, 0) is 15.7 Å². The SMILES string of the molecule is CCC1[C@@H](C)C(n2cc(-c3ccc(C(F)(F)F)cc3)nn2)=c2cc(C(=O)OC)ccc2=[N+]1C(C)=O. The zero-order valence-corrected chi connectivity index (χ0v) is 19.6. The first-order chi connectivity index (χ1) is 16.6. The van der Waals surface area contributed by atoms with Gasteiger partial charge in [0.05, 0.1) is 48.2 Å². The van der Waals surface area contributed by atoms with E-state index in [1.807, 2.05) is 13.8 Å². The third-order valence-electron chi connectivity index (χ3n) is 6.30. The number of carbonyl (C=O) groups is 2. The molecule has 0 aliphatic carbocycles. The Balaban J connectivity index is 1.94. The van der Waals surface area contributed by atoms with Gasteiger partial charge < -0.3 is 4.74 Å². The van der Waals surface area contributed by atoms with Crippen molar-refractivity contribution in [2.75, 3.05) is 7.11 Å². The Morgan fingerprint density at radius 1 is 1.14 bits per heavy atom. The van der Waals surface area contributed by atoms with Crippen LogP contribution in [0.15, 0.2) is 48.7 Å². The molecule has 1 aliphatic rings. The van der Waals surface area contributed by atoms with E-state index in [9.17, 15) is 22.8 Å². The average Bonchev–Trinajstić information content (AvgIpc) is 3.31. The van der Waals surface area contributed by atoms with E-state index >= 15 is 0 Å². The number of aromatic nitrogens is 3. The van der Waals surface area contributed by atoms with E-state index in [0.717, 1.165) is 17.8 Å². The van der Waals surface area contributed by atoms with E-state index < -0.39 is 17.7 Å². The highest BCUT2D eigenvalue weighted by Crippen LogP contribution is 2.31. The standard InChI is InChI=1S/C25H24F3N4O3/c1-5-21-14(2)23(19-12-17(24(34)35-4)8-11-22(19)32(21)15(3)33)31-13-20(29-30-31)16-6-9-18(10-7-16)25(26,27)28/h6-14,21H,5H2,1-4H3/q+1/t14-,21?/m1/s1. The van der Waals surface area contributed by atoms with Crippen LogP contribution in [-0.4, -0.2) is 40.0 Å². The van der Waals surface area contributed by atoms with Gasteiger partial charge in [-0.25, -0.2) is 14.3 Å². The summed E-state index contributed by atoms with van der Waals surface area (Å²) in [5, 5.41) is 9.70. The molecular weight excluding hydrogens is 461 g/mol. The molecule has 35 heavy (non-hydrogen) atoms. The van der Waals surface area contributed by atoms with Gasteiger partial charge in [-0.1, -0.05) is 31.2 Å². The first kappa shape index (κ1) is 24.3. The van der Waals surface area contributed by atoms with Crippen molar-refractivity contribution in [2.24, 2.45) is 5.92 Å². The van der Waals surface area contributed by atoms with Crippen molar-refractivity contribution in [2.45, 2.75) is 39.4 Å². The number of fused-ring (bicyclic) bond motifs is 1. The van der Waals surface area contributed by atoms with Crippen LogP contribution in [0.1, 0.15) is 43.1 Å². The fraction of sp³-hybridized carbons (Fsp3) is 0.320. The van der Waals surface area contributed by atoms with E-state index in [1.165, 1.54) is 26.2 Å². The van der Waals surface area contributed by atoms with Gasteiger partial charge in [-0.05, 0) is 24.3 Å². The van der Waals surface area contributed by atoms with Crippen LogP contribution in [0.4, 0.5) is 13.2 Å². The molecule has 2 aromatic carbocycles. The molecule has 10 heteroatoms. The molecule has 7 nitrogen and oxygen atoms in total. The number of carbonyl (C=O) groups excluding carboxylic acids is 2. The van der Waals surface area contributed by atoms with Crippen molar-refractivity contribution < 1.29 is 27.5 Å². The highest BCUT2D eigenvalue weighted by molar-refractivity contribution is 5.89. The van der Waals surface area contributed by atoms with Gasteiger partial charge >= 0.3 is 18.1 Å². The molecule has 0 spiro atoms. The zero-order chi connectivity index (χ0) is 25.5. The first-order valence-electron chi connectivity index (χ1n) is 11.1. The van der Waals surface area contributed by atoms with Crippen LogP contribution in [0.2, 0.25) is 0 Å². The number of rotatable bonds is 4. The van der Waals surface area contributed by atoms with Gasteiger partial charge in [0.2, 0.25) is 5.36 Å². The van der Waals surface area contributed by atoms with Crippen molar-refractivity contribution in [3.63, 3.8) is 0 Å². The fourth-order valence-corrected chi connectivity index (χ4v) is 4.64. The molecule has 3 aromatic rings. The van der Waals surface area contributed by atoms with E-state index in [-0.39, 0.29) is 17.9 Å². The summed E-state index contributed by atoms with van der Waals surface area (Å²) in [7, 11) is 1.29. The topological polar surface area (TPSA) is 77.1 Å². The molecule has 0 saturated heterocycles. The van der Waals surface area contributed by atoms with Gasteiger partial charge in [-0.3, -0.25) is 0 Å². The van der Waals surface area contributed by atoms with Gasteiger partial charge in [-0.15, -0.1) is 5.10 Å². The monoisotopic (exact) mass is 485 g/mol. The summed E-state index contributed by atoms with van der Waals surface area (Å²) < 4.78 is 46.9. The van der Waals surface area contributed by atoms with Crippen LogP contribution in [0.25, 0.3) is 17.0 Å². The summed E-state index contributed by atoms with van der Waals surface area (Å²) in [6.07, 6.45) is -2.12. The highest BCUT2D eigenvalue weighted by Gasteiger charge is 2.38. The number of amides is 1. The number of hydrogen-bond acceptors (Lipinski definition) is 5. The molecular formula is C25H24F3N4O3+. The molecule has 0 radical (unpaired) electrons. The number of hydrogen-bond donors (Lipinski definition) is 0. The summed E-state index contributed by atoms with van der Waals surface area (Å²) in [5.41, 5.74) is 1.17. The predicted molar refractivity (Wildman–Crippen MR) is 121 cm³/mol. The van der Waals surface area contributed by atoms with E-state index in [2.05, 4.69) is 10.3 Å². The van der Waals surface area contributed by atoms with Crippen molar-refractivity contribution >= 4 is 17.6 Å². The zero-order valence-electron chi connectivity index (χ0n) is 19.6. The van der Waals surface area contributed by atoms with Crippen molar-refractivity contribution in [1.29, 1.82) is 0 Å². The summed E-state index contributed by atoms with van der Waals surface area (Å²) in [6.45, 7) is 5.45. The van der Waals surface area contributed by atoms with Crippen molar-refractivity contribution in [3.8, 4) is 11.3 Å². The minimum absolute atomic E-state index is 0.126. The third kappa shape index (κ3) is 4.36. The van der Waals surface area contributed by atoms with Crippen LogP contribution < -0.4 is 15.2 Å². The molecule has 1 amide bonds. The lowest BCUT2D eigenvalue weighted by atomic mass is 9.90. The Bertz CT molecular complexity index is 1430. The van der Waals surface area contributed by atoms with Gasteiger partial charge in [0.15, 0.2) is 6.04 Å². The quantitative estimate of drug-likeness (QED) is 0.420. The Morgan fingerprint density at radius 3 is 2.40 bits per heavy atom. The van der Waals surface area contributed by atoms with Crippen LogP contribution in [0.3, 0.4) is 0 Å². The second-order valence-corrected chi connectivity index (χ2v) is 8.39. The molecule has 1 aliphatic heterocycles. The van der Waals surface area contributed by atoms with Gasteiger partial charge in [-0.2, -0.15) is 17.7 Å². The van der Waals surface area contributed by atoms with Gasteiger partial charge in [0.1, 0.15) is 5.69 Å². The summed E-state index contributed by atoms with van der Waals surface area (Å²) in [5.74, 6) is -0.832. The lowest BCUT2D eigenvalue weighted by Gasteiger charge is -2.25. The number of methoxy groups -OCH3 is 1. The molecule has 182 valence electrons. The second-order valence-electron chi connectivity index (χ2n) is 8.39. The Labute approximate surface area is 199 Å². The van der Waals surface area contributed by atoms with Crippen LogP contribution >= 0.6 is 0 Å². The van der Waals surface area contributed by atoms with E-state index in [4.69, 9.17) is 4.74 Å². The number of halogens is 3. The third-order valence-corrected chi connectivity index (χ3v) is 6.30. The smallest absolute Gasteiger partial charge is 0.416 e. The minimum Gasteiger partial charge on any atom is -0.465 e. The largest absolute Gasteiger partial charge is 0.465 e. The maximum absolute atomic E-state index is 12.9. The van der Waals surface area contributed by atoms with Crippen molar-refractivity contribution in [1.82, 2.24) is 19.6 Å². The Hall–Kier alpha value is -3.82. The molecule has 2 atom stereocenters. The molecule has 0 saturated carbocycles. The second kappa shape index (κ2) is 9.09. The predicted octanol–water partition coefficient (Wildman–Crippen LogP) is 2.87. The average molecular weight is 485 g/mol. The first-order valence-corrected chi connectivity index (χ1v) is 11.1. The Kier molecular flexibility index (Phi) is 6.31. The lowest BCUT2D eigenvalue weighted by Crippen LogP contribution is -2.56. The molecule has 0 fully saturated rings. The molecule has 0 N–H and O–H groups in total. The lowest BCUT2D eigenvalue weighted by molar-refractivity contribution is -0.137. The molecule has 1 aromatic heterocycles. The number of alkyl halides is 3. The Morgan fingerprint density at radius 2 is 1.83 bits per heavy atom. The van der Waals surface area contributed by atoms with Gasteiger partial charge in [0, 0.05) is 18.1 Å². The molecule has 4 rings (SSSR count). The van der Waals surface area contributed by atoms with Gasteiger partial charge in [0.25, 0.3) is 0 Å². The van der Waals surface area contributed by atoms with Crippen LogP contribution in [0, 0.1) is 5.92 Å². The molecule has 2 heterocycles. The summed E-state index contributed by atoms with van der Waals surface area (Å²) >= 11 is 0. The normalized spacial score (nSPS) is 17.8. The van der Waals surface area contributed by atoms with E-state index in [0.29, 0.717) is 33.8 Å². The highest BCUT2D eigenvalue weighted by atomic mass is 19.4. The number of ether oxygens (including phenoxy) is 1. The summed E-state index contributed by atoms with van der Waals surface area (Å²) in [4.78, 5) is 24.8. The number of esters is 1. The van der Waals surface area contributed by atoms with Crippen molar-refractivity contribution in [3.05, 3.63) is 70.4 Å². The maximum atomic E-state index is 12.9. The molecule has 1 unspecified atom stereocenters. The summed E-state index contributed by atoms with van der Waals surface area (Å²) in [6, 6.07) is 9.51. The fourth-order valence-electron chi connectivity index (χ4n) is 4.64.